The summed E-state index contributed by atoms with van der Waals surface area (Å²) in [4.78, 5) is 10.8. The fraction of sp³-hybridized carbons (Fsp3) is 0.417. The number of carboxylic acids is 1. The highest BCUT2D eigenvalue weighted by Crippen LogP contribution is 2.24. The fourth-order valence-corrected chi connectivity index (χ4v) is 1.42. The van der Waals surface area contributed by atoms with Gasteiger partial charge in [0, 0.05) is 0 Å². The summed E-state index contributed by atoms with van der Waals surface area (Å²) in [6.45, 7) is 5.36. The minimum absolute atomic E-state index is 0.0611. The van der Waals surface area contributed by atoms with Crippen LogP contribution in [-0.2, 0) is 4.79 Å². The Labute approximate surface area is 88.7 Å². The minimum atomic E-state index is -0.892. The van der Waals surface area contributed by atoms with Gasteiger partial charge in [0.1, 0.15) is 5.82 Å². The Morgan fingerprint density at radius 1 is 1.33 bits per heavy atom. The quantitative estimate of drug-likeness (QED) is 0.832. The Bertz CT molecular complexity index is 372. The molecule has 0 aromatic heterocycles. The number of halogens is 1. The first-order chi connectivity index (χ1) is 6.93. The predicted molar refractivity (Wildman–Crippen MR) is 56.5 cm³/mol. The Kier molecular flexibility index (Phi) is 3.45. The molecule has 1 atom stereocenters. The van der Waals surface area contributed by atoms with Gasteiger partial charge in [-0.3, -0.25) is 4.79 Å². The zero-order valence-corrected chi connectivity index (χ0v) is 9.12. The molecule has 0 bridgehead atoms. The van der Waals surface area contributed by atoms with Crippen LogP contribution in [-0.4, -0.2) is 11.1 Å². The average Bonchev–Trinajstić information content (AvgIpc) is 2.16. The first-order valence-corrected chi connectivity index (χ1v) is 4.95. The van der Waals surface area contributed by atoms with Crippen molar-refractivity contribution < 1.29 is 14.3 Å². The first-order valence-electron chi connectivity index (χ1n) is 4.95. The SMILES string of the molecule is CC(C)c1cc(C(C)C(=O)O)ccc1F. The largest absolute Gasteiger partial charge is 0.481 e. The molecule has 0 fully saturated rings. The number of carbonyl (C=O) groups is 1. The van der Waals surface area contributed by atoms with E-state index in [9.17, 15) is 9.18 Å². The lowest BCUT2D eigenvalue weighted by molar-refractivity contribution is -0.138. The highest BCUT2D eigenvalue weighted by Gasteiger charge is 2.16. The number of hydrogen-bond donors (Lipinski definition) is 1. The molecular formula is C12H15FO2. The highest BCUT2D eigenvalue weighted by atomic mass is 19.1. The van der Waals surface area contributed by atoms with Crippen LogP contribution in [0, 0.1) is 5.82 Å². The maximum atomic E-state index is 13.3. The molecule has 1 unspecified atom stereocenters. The third-order valence-corrected chi connectivity index (χ3v) is 2.51. The van der Waals surface area contributed by atoms with E-state index in [0.29, 0.717) is 11.1 Å². The topological polar surface area (TPSA) is 37.3 Å². The Morgan fingerprint density at radius 2 is 1.93 bits per heavy atom. The van der Waals surface area contributed by atoms with Crippen molar-refractivity contribution in [2.75, 3.05) is 0 Å². The lowest BCUT2D eigenvalue weighted by Crippen LogP contribution is -2.08. The molecule has 1 N–H and O–H groups in total. The smallest absolute Gasteiger partial charge is 0.310 e. The van der Waals surface area contributed by atoms with Crippen LogP contribution >= 0.6 is 0 Å². The van der Waals surface area contributed by atoms with Crippen LogP contribution < -0.4 is 0 Å². The van der Waals surface area contributed by atoms with Gasteiger partial charge in [-0.25, -0.2) is 4.39 Å². The second-order valence-electron chi connectivity index (χ2n) is 4.00. The summed E-state index contributed by atoms with van der Waals surface area (Å²) in [7, 11) is 0. The molecule has 0 spiro atoms. The van der Waals surface area contributed by atoms with Gasteiger partial charge in [0.2, 0.25) is 0 Å². The summed E-state index contributed by atoms with van der Waals surface area (Å²) in [5.74, 6) is -1.70. The van der Waals surface area contributed by atoms with E-state index in [-0.39, 0.29) is 11.7 Å². The number of rotatable bonds is 3. The lowest BCUT2D eigenvalue weighted by Gasteiger charge is -2.12. The number of aliphatic carboxylic acids is 1. The van der Waals surface area contributed by atoms with Crippen molar-refractivity contribution in [3.63, 3.8) is 0 Å². The normalized spacial score (nSPS) is 12.9. The van der Waals surface area contributed by atoms with E-state index in [1.54, 1.807) is 13.0 Å². The van der Waals surface area contributed by atoms with Crippen LogP contribution in [0.3, 0.4) is 0 Å². The van der Waals surface area contributed by atoms with Crippen LogP contribution in [0.15, 0.2) is 18.2 Å². The summed E-state index contributed by atoms with van der Waals surface area (Å²) < 4.78 is 13.3. The average molecular weight is 210 g/mol. The molecule has 1 aromatic carbocycles. The molecule has 0 saturated heterocycles. The molecule has 3 heteroatoms. The van der Waals surface area contributed by atoms with E-state index in [0.717, 1.165) is 0 Å². The van der Waals surface area contributed by atoms with Crippen molar-refractivity contribution in [2.24, 2.45) is 0 Å². The first kappa shape index (κ1) is 11.7. The van der Waals surface area contributed by atoms with Gasteiger partial charge in [-0.1, -0.05) is 26.0 Å². The fourth-order valence-electron chi connectivity index (χ4n) is 1.42. The maximum Gasteiger partial charge on any atom is 0.310 e. The van der Waals surface area contributed by atoms with Gasteiger partial charge in [0.05, 0.1) is 5.92 Å². The highest BCUT2D eigenvalue weighted by molar-refractivity contribution is 5.75. The van der Waals surface area contributed by atoms with E-state index in [1.165, 1.54) is 12.1 Å². The number of hydrogen-bond acceptors (Lipinski definition) is 1. The van der Waals surface area contributed by atoms with Gasteiger partial charge in [-0.15, -0.1) is 0 Å². The Balaban J connectivity index is 3.13. The van der Waals surface area contributed by atoms with Gasteiger partial charge >= 0.3 is 5.97 Å². The van der Waals surface area contributed by atoms with Crippen LogP contribution in [0.5, 0.6) is 0 Å². The van der Waals surface area contributed by atoms with Crippen molar-refractivity contribution in [1.29, 1.82) is 0 Å². The van der Waals surface area contributed by atoms with E-state index in [4.69, 9.17) is 5.11 Å². The maximum absolute atomic E-state index is 13.3. The Hall–Kier alpha value is -1.38. The van der Waals surface area contributed by atoms with Crippen molar-refractivity contribution in [3.8, 4) is 0 Å². The van der Waals surface area contributed by atoms with Gasteiger partial charge in [0.15, 0.2) is 0 Å². The van der Waals surface area contributed by atoms with Crippen LogP contribution in [0.25, 0.3) is 0 Å². The van der Waals surface area contributed by atoms with Gasteiger partial charge in [0.25, 0.3) is 0 Å². The molecule has 0 radical (unpaired) electrons. The van der Waals surface area contributed by atoms with E-state index in [1.807, 2.05) is 13.8 Å². The zero-order valence-electron chi connectivity index (χ0n) is 9.12. The molecule has 0 amide bonds. The molecule has 0 heterocycles. The van der Waals surface area contributed by atoms with E-state index in [2.05, 4.69) is 0 Å². The van der Waals surface area contributed by atoms with Gasteiger partial charge in [-0.05, 0) is 30.0 Å². The monoisotopic (exact) mass is 210 g/mol. The molecule has 2 nitrogen and oxygen atoms in total. The zero-order chi connectivity index (χ0) is 11.6. The molecule has 82 valence electrons. The summed E-state index contributed by atoms with van der Waals surface area (Å²) in [5.41, 5.74) is 1.22. The van der Waals surface area contributed by atoms with E-state index >= 15 is 0 Å². The van der Waals surface area contributed by atoms with Crippen LogP contribution in [0.2, 0.25) is 0 Å². The summed E-state index contributed by atoms with van der Waals surface area (Å²) in [5, 5.41) is 8.84. The second-order valence-corrected chi connectivity index (χ2v) is 4.00. The van der Waals surface area contributed by atoms with Crippen LogP contribution in [0.4, 0.5) is 4.39 Å². The molecule has 1 aromatic rings. The lowest BCUT2D eigenvalue weighted by atomic mass is 9.94. The molecule has 0 aliphatic carbocycles. The van der Waals surface area contributed by atoms with Crippen molar-refractivity contribution in [1.82, 2.24) is 0 Å². The summed E-state index contributed by atoms with van der Waals surface area (Å²) in [6.07, 6.45) is 0. The number of benzene rings is 1. The van der Waals surface area contributed by atoms with Crippen LogP contribution in [0.1, 0.15) is 43.7 Å². The van der Waals surface area contributed by atoms with Gasteiger partial charge < -0.3 is 5.11 Å². The molecule has 0 aliphatic heterocycles. The van der Waals surface area contributed by atoms with Crippen molar-refractivity contribution >= 4 is 5.97 Å². The molecular weight excluding hydrogens is 195 g/mol. The van der Waals surface area contributed by atoms with Crippen molar-refractivity contribution in [3.05, 3.63) is 35.1 Å². The standard InChI is InChI=1S/C12H15FO2/c1-7(2)10-6-9(4-5-11(10)13)8(3)12(14)15/h4-8H,1-3H3,(H,14,15). The number of carboxylic acid groups (broad SMARTS) is 1. The third kappa shape index (κ3) is 2.55. The molecule has 0 saturated carbocycles. The summed E-state index contributed by atoms with van der Waals surface area (Å²) in [6, 6.07) is 4.50. The second kappa shape index (κ2) is 4.43. The predicted octanol–water partition coefficient (Wildman–Crippen LogP) is 3.14. The summed E-state index contributed by atoms with van der Waals surface area (Å²) >= 11 is 0. The van der Waals surface area contributed by atoms with Crippen molar-refractivity contribution in [2.45, 2.75) is 32.6 Å². The minimum Gasteiger partial charge on any atom is -0.481 e. The molecule has 1 rings (SSSR count). The third-order valence-electron chi connectivity index (χ3n) is 2.51. The van der Waals surface area contributed by atoms with Gasteiger partial charge in [-0.2, -0.15) is 0 Å². The molecule has 15 heavy (non-hydrogen) atoms. The Morgan fingerprint density at radius 3 is 2.40 bits per heavy atom. The van der Waals surface area contributed by atoms with E-state index < -0.39 is 11.9 Å². The molecule has 0 aliphatic rings.